The van der Waals surface area contributed by atoms with Gasteiger partial charge in [-0.3, -0.25) is 4.57 Å². The number of hydrogen-bond donors (Lipinski definition) is 1. The maximum Gasteiger partial charge on any atom is 0.205 e. The first kappa shape index (κ1) is 13.5. The monoisotopic (exact) mass is 281 g/mol. The number of aryl methyl sites for hydroxylation is 1. The quantitative estimate of drug-likeness (QED) is 0.795. The normalized spacial score (nSPS) is 11.0. The summed E-state index contributed by atoms with van der Waals surface area (Å²) in [5, 5.41) is 0. The summed E-state index contributed by atoms with van der Waals surface area (Å²) in [7, 11) is 1.66. The molecule has 0 atom stereocenters. The Morgan fingerprint density at radius 2 is 1.90 bits per heavy atom. The van der Waals surface area contributed by atoms with Gasteiger partial charge in [-0.1, -0.05) is 25.5 Å². The zero-order chi connectivity index (χ0) is 14.8. The number of anilines is 1. The summed E-state index contributed by atoms with van der Waals surface area (Å²) in [6, 6.07) is 14.2. The summed E-state index contributed by atoms with van der Waals surface area (Å²) in [5.74, 6) is 1.28. The van der Waals surface area contributed by atoms with Crippen LogP contribution in [0.1, 0.15) is 18.9 Å². The molecule has 0 aliphatic rings. The van der Waals surface area contributed by atoms with Crippen molar-refractivity contribution < 1.29 is 4.74 Å². The van der Waals surface area contributed by atoms with E-state index >= 15 is 0 Å². The van der Waals surface area contributed by atoms with Gasteiger partial charge in [-0.15, -0.1) is 0 Å². The molecule has 0 fully saturated rings. The van der Waals surface area contributed by atoms with E-state index in [1.54, 1.807) is 7.11 Å². The van der Waals surface area contributed by atoms with Crippen LogP contribution in [-0.2, 0) is 6.42 Å². The molecule has 0 saturated carbocycles. The highest BCUT2D eigenvalue weighted by Gasteiger charge is 2.10. The van der Waals surface area contributed by atoms with Crippen LogP contribution in [0.15, 0.2) is 42.5 Å². The zero-order valence-electron chi connectivity index (χ0n) is 12.3. The van der Waals surface area contributed by atoms with E-state index in [1.807, 2.05) is 22.8 Å². The van der Waals surface area contributed by atoms with Crippen molar-refractivity contribution in [1.82, 2.24) is 9.55 Å². The Morgan fingerprint density at radius 1 is 1.14 bits per heavy atom. The van der Waals surface area contributed by atoms with Crippen LogP contribution in [0.5, 0.6) is 5.75 Å². The first-order chi connectivity index (χ1) is 10.2. The Hall–Kier alpha value is -2.49. The molecular weight excluding hydrogens is 262 g/mol. The van der Waals surface area contributed by atoms with Crippen molar-refractivity contribution in [1.29, 1.82) is 0 Å². The number of aromatic nitrogens is 2. The highest BCUT2D eigenvalue weighted by molar-refractivity contribution is 5.82. The molecule has 2 aromatic carbocycles. The summed E-state index contributed by atoms with van der Waals surface area (Å²) in [5.41, 5.74) is 10.3. The predicted molar refractivity (Wildman–Crippen MR) is 86.0 cm³/mol. The molecule has 2 N–H and O–H groups in total. The molecule has 3 aromatic rings. The summed E-state index contributed by atoms with van der Waals surface area (Å²) in [4.78, 5) is 4.41. The molecule has 4 heteroatoms. The second-order valence-corrected chi connectivity index (χ2v) is 5.08. The van der Waals surface area contributed by atoms with Gasteiger partial charge in [0.1, 0.15) is 5.75 Å². The lowest BCUT2D eigenvalue weighted by Gasteiger charge is -2.08. The lowest BCUT2D eigenvalue weighted by atomic mass is 10.1. The molecule has 4 nitrogen and oxygen atoms in total. The SMILES string of the molecule is CCCc1ccc(-n2c(N)nc3ccc(OC)cc32)cc1. The standard InChI is InChI=1S/C17H19N3O/c1-3-4-12-5-7-13(8-6-12)20-16-11-14(21-2)9-10-15(16)19-17(20)18/h5-11H,3-4H2,1-2H3,(H2,18,19). The Balaban J connectivity index is 2.12. The van der Waals surface area contributed by atoms with Gasteiger partial charge in [-0.2, -0.15) is 0 Å². The number of ether oxygens (including phenoxy) is 1. The van der Waals surface area contributed by atoms with Gasteiger partial charge in [-0.25, -0.2) is 4.98 Å². The van der Waals surface area contributed by atoms with E-state index in [9.17, 15) is 0 Å². The average molecular weight is 281 g/mol. The molecule has 0 saturated heterocycles. The molecule has 0 bridgehead atoms. The van der Waals surface area contributed by atoms with Gasteiger partial charge in [0.25, 0.3) is 0 Å². The van der Waals surface area contributed by atoms with Crippen LogP contribution < -0.4 is 10.5 Å². The topological polar surface area (TPSA) is 53.1 Å². The van der Waals surface area contributed by atoms with Crippen LogP contribution in [-0.4, -0.2) is 16.7 Å². The molecule has 0 unspecified atom stereocenters. The van der Waals surface area contributed by atoms with E-state index in [4.69, 9.17) is 10.5 Å². The Bertz CT molecular complexity index is 760. The molecule has 108 valence electrons. The fraction of sp³-hybridized carbons (Fsp3) is 0.235. The fourth-order valence-corrected chi connectivity index (χ4v) is 2.57. The lowest BCUT2D eigenvalue weighted by Crippen LogP contribution is -2.00. The molecule has 21 heavy (non-hydrogen) atoms. The molecular formula is C17H19N3O. The maximum atomic E-state index is 6.08. The number of hydrogen-bond acceptors (Lipinski definition) is 3. The number of rotatable bonds is 4. The highest BCUT2D eigenvalue weighted by atomic mass is 16.5. The van der Waals surface area contributed by atoms with E-state index in [0.717, 1.165) is 35.3 Å². The minimum absolute atomic E-state index is 0.487. The van der Waals surface area contributed by atoms with Crippen molar-refractivity contribution in [3.63, 3.8) is 0 Å². The third-order valence-corrected chi connectivity index (χ3v) is 3.62. The number of imidazole rings is 1. The van der Waals surface area contributed by atoms with Crippen LogP contribution in [0.3, 0.4) is 0 Å². The highest BCUT2D eigenvalue weighted by Crippen LogP contribution is 2.26. The zero-order valence-corrected chi connectivity index (χ0v) is 12.3. The Morgan fingerprint density at radius 3 is 2.57 bits per heavy atom. The first-order valence-corrected chi connectivity index (χ1v) is 7.14. The smallest absolute Gasteiger partial charge is 0.205 e. The number of nitrogens with two attached hydrogens (primary N) is 1. The molecule has 0 radical (unpaired) electrons. The van der Waals surface area contributed by atoms with E-state index in [0.29, 0.717) is 5.95 Å². The molecule has 0 aliphatic heterocycles. The van der Waals surface area contributed by atoms with Gasteiger partial charge in [0, 0.05) is 11.8 Å². The van der Waals surface area contributed by atoms with Crippen molar-refractivity contribution in [2.24, 2.45) is 0 Å². The van der Waals surface area contributed by atoms with Gasteiger partial charge in [-0.05, 0) is 36.2 Å². The molecule has 3 rings (SSSR count). The van der Waals surface area contributed by atoms with E-state index < -0.39 is 0 Å². The Labute approximate surface area is 124 Å². The van der Waals surface area contributed by atoms with Crippen LogP contribution >= 0.6 is 0 Å². The second kappa shape index (κ2) is 5.48. The minimum Gasteiger partial charge on any atom is -0.497 e. The maximum absolute atomic E-state index is 6.08. The number of benzene rings is 2. The molecule has 1 heterocycles. The van der Waals surface area contributed by atoms with E-state index in [-0.39, 0.29) is 0 Å². The van der Waals surface area contributed by atoms with Crippen molar-refractivity contribution >= 4 is 17.0 Å². The van der Waals surface area contributed by atoms with Gasteiger partial charge < -0.3 is 10.5 Å². The van der Waals surface area contributed by atoms with Gasteiger partial charge >= 0.3 is 0 Å². The van der Waals surface area contributed by atoms with Crippen molar-refractivity contribution in [3.05, 3.63) is 48.0 Å². The van der Waals surface area contributed by atoms with Gasteiger partial charge in [0.05, 0.1) is 18.1 Å². The summed E-state index contributed by atoms with van der Waals surface area (Å²) in [6.07, 6.45) is 2.24. The number of methoxy groups -OCH3 is 1. The molecule has 0 aliphatic carbocycles. The van der Waals surface area contributed by atoms with E-state index in [1.165, 1.54) is 5.56 Å². The second-order valence-electron chi connectivity index (χ2n) is 5.08. The summed E-state index contributed by atoms with van der Waals surface area (Å²) in [6.45, 7) is 2.18. The number of nitrogens with zero attached hydrogens (tertiary/aromatic N) is 2. The number of fused-ring (bicyclic) bond motifs is 1. The van der Waals surface area contributed by atoms with Crippen molar-refractivity contribution in [3.8, 4) is 11.4 Å². The number of nitrogen functional groups attached to an aromatic ring is 1. The average Bonchev–Trinajstić information content (AvgIpc) is 2.83. The van der Waals surface area contributed by atoms with Crippen LogP contribution in [0.4, 0.5) is 5.95 Å². The van der Waals surface area contributed by atoms with Gasteiger partial charge in [0.2, 0.25) is 5.95 Å². The van der Waals surface area contributed by atoms with Crippen LogP contribution in [0.25, 0.3) is 16.7 Å². The largest absolute Gasteiger partial charge is 0.497 e. The lowest BCUT2D eigenvalue weighted by molar-refractivity contribution is 0.415. The van der Waals surface area contributed by atoms with Crippen LogP contribution in [0.2, 0.25) is 0 Å². The van der Waals surface area contributed by atoms with Crippen molar-refractivity contribution in [2.75, 3.05) is 12.8 Å². The first-order valence-electron chi connectivity index (χ1n) is 7.14. The molecule has 0 amide bonds. The molecule has 1 aromatic heterocycles. The molecule has 0 spiro atoms. The third kappa shape index (κ3) is 2.44. The fourth-order valence-electron chi connectivity index (χ4n) is 2.57. The summed E-state index contributed by atoms with van der Waals surface area (Å²) < 4.78 is 7.24. The minimum atomic E-state index is 0.487. The van der Waals surface area contributed by atoms with Crippen molar-refractivity contribution in [2.45, 2.75) is 19.8 Å². The summed E-state index contributed by atoms with van der Waals surface area (Å²) >= 11 is 0. The third-order valence-electron chi connectivity index (χ3n) is 3.62. The predicted octanol–water partition coefficient (Wildman–Crippen LogP) is 3.57. The van der Waals surface area contributed by atoms with E-state index in [2.05, 4.69) is 36.2 Å². The Kier molecular flexibility index (Phi) is 3.52. The van der Waals surface area contributed by atoms with Gasteiger partial charge in [0.15, 0.2) is 0 Å². The van der Waals surface area contributed by atoms with Crippen LogP contribution in [0, 0.1) is 0 Å².